The standard InChI is InChI=1S/C14H17NO3/c1-8(2)12(14(17)18)15-13(16)11-7-9-5-3-4-6-10(9)11/h3-6,8,11-12H,7H2,1-2H3,(H,15,16)(H,17,18). The Balaban J connectivity index is 2.04. The number of carbonyl (C=O) groups is 2. The molecule has 0 saturated carbocycles. The summed E-state index contributed by atoms with van der Waals surface area (Å²) in [7, 11) is 0. The molecule has 2 N–H and O–H groups in total. The first-order valence-corrected chi connectivity index (χ1v) is 6.11. The van der Waals surface area contributed by atoms with Crippen LogP contribution in [0.5, 0.6) is 0 Å². The summed E-state index contributed by atoms with van der Waals surface area (Å²) in [5, 5.41) is 11.7. The molecule has 2 atom stereocenters. The average molecular weight is 247 g/mol. The summed E-state index contributed by atoms with van der Waals surface area (Å²) in [5.41, 5.74) is 2.19. The molecular weight excluding hydrogens is 230 g/mol. The molecular formula is C14H17NO3. The third-order valence-corrected chi connectivity index (χ3v) is 3.40. The normalized spacial score (nSPS) is 18.7. The minimum Gasteiger partial charge on any atom is -0.480 e. The van der Waals surface area contributed by atoms with Gasteiger partial charge in [-0.2, -0.15) is 0 Å². The van der Waals surface area contributed by atoms with Crippen LogP contribution in [0.2, 0.25) is 0 Å². The van der Waals surface area contributed by atoms with E-state index >= 15 is 0 Å². The second kappa shape index (κ2) is 4.80. The quantitative estimate of drug-likeness (QED) is 0.848. The molecule has 0 fully saturated rings. The topological polar surface area (TPSA) is 66.4 Å². The van der Waals surface area contributed by atoms with Crippen LogP contribution in [0.4, 0.5) is 0 Å². The van der Waals surface area contributed by atoms with Crippen molar-refractivity contribution in [1.82, 2.24) is 5.32 Å². The van der Waals surface area contributed by atoms with Crippen molar-refractivity contribution >= 4 is 11.9 Å². The van der Waals surface area contributed by atoms with Crippen molar-refractivity contribution in [2.75, 3.05) is 0 Å². The second-order valence-electron chi connectivity index (χ2n) is 5.02. The fourth-order valence-corrected chi connectivity index (χ4v) is 2.26. The molecule has 1 amide bonds. The highest BCUT2D eigenvalue weighted by atomic mass is 16.4. The lowest BCUT2D eigenvalue weighted by Gasteiger charge is -2.30. The maximum Gasteiger partial charge on any atom is 0.326 e. The number of amides is 1. The van der Waals surface area contributed by atoms with Gasteiger partial charge in [0, 0.05) is 0 Å². The van der Waals surface area contributed by atoms with Crippen LogP contribution in [-0.2, 0) is 16.0 Å². The van der Waals surface area contributed by atoms with Crippen LogP contribution in [0.3, 0.4) is 0 Å². The number of carboxylic acid groups (broad SMARTS) is 1. The van der Waals surface area contributed by atoms with Gasteiger partial charge in [-0.15, -0.1) is 0 Å². The van der Waals surface area contributed by atoms with Gasteiger partial charge in [-0.3, -0.25) is 4.79 Å². The van der Waals surface area contributed by atoms with Gasteiger partial charge in [0.15, 0.2) is 0 Å². The van der Waals surface area contributed by atoms with Crippen molar-refractivity contribution in [2.45, 2.75) is 32.2 Å². The van der Waals surface area contributed by atoms with Gasteiger partial charge in [0.2, 0.25) is 5.91 Å². The SMILES string of the molecule is CC(C)C(NC(=O)C1Cc2ccccc21)C(=O)O. The van der Waals surface area contributed by atoms with Crippen LogP contribution in [-0.4, -0.2) is 23.0 Å². The van der Waals surface area contributed by atoms with Crippen molar-refractivity contribution in [1.29, 1.82) is 0 Å². The van der Waals surface area contributed by atoms with E-state index in [0.29, 0.717) is 6.42 Å². The molecule has 96 valence electrons. The lowest BCUT2D eigenvalue weighted by molar-refractivity contribution is -0.143. The summed E-state index contributed by atoms with van der Waals surface area (Å²) >= 11 is 0. The van der Waals surface area contributed by atoms with E-state index in [1.54, 1.807) is 13.8 Å². The van der Waals surface area contributed by atoms with Crippen molar-refractivity contribution < 1.29 is 14.7 Å². The zero-order valence-electron chi connectivity index (χ0n) is 10.5. The highest BCUT2D eigenvalue weighted by molar-refractivity contribution is 5.90. The molecule has 2 unspecified atom stereocenters. The van der Waals surface area contributed by atoms with Gasteiger partial charge in [-0.05, 0) is 23.5 Å². The fraction of sp³-hybridized carbons (Fsp3) is 0.429. The summed E-state index contributed by atoms with van der Waals surface area (Å²) in [5.74, 6) is -1.48. The first-order valence-electron chi connectivity index (χ1n) is 6.11. The summed E-state index contributed by atoms with van der Waals surface area (Å²) in [6.45, 7) is 3.57. The van der Waals surface area contributed by atoms with Crippen molar-refractivity contribution in [2.24, 2.45) is 5.92 Å². The van der Waals surface area contributed by atoms with E-state index in [4.69, 9.17) is 5.11 Å². The van der Waals surface area contributed by atoms with E-state index in [1.165, 1.54) is 5.56 Å². The van der Waals surface area contributed by atoms with Gasteiger partial charge in [0.1, 0.15) is 6.04 Å². The van der Waals surface area contributed by atoms with Crippen LogP contribution in [0.25, 0.3) is 0 Å². The fourth-order valence-electron chi connectivity index (χ4n) is 2.26. The Morgan fingerprint density at radius 1 is 1.33 bits per heavy atom. The van der Waals surface area contributed by atoms with Gasteiger partial charge in [0.25, 0.3) is 0 Å². The average Bonchev–Trinajstić information content (AvgIpc) is 2.26. The maximum atomic E-state index is 12.0. The van der Waals surface area contributed by atoms with Gasteiger partial charge >= 0.3 is 5.97 Å². The second-order valence-corrected chi connectivity index (χ2v) is 5.02. The molecule has 0 radical (unpaired) electrons. The third-order valence-electron chi connectivity index (χ3n) is 3.40. The summed E-state index contributed by atoms with van der Waals surface area (Å²) < 4.78 is 0. The highest BCUT2D eigenvalue weighted by Crippen LogP contribution is 2.34. The van der Waals surface area contributed by atoms with E-state index in [9.17, 15) is 9.59 Å². The minimum absolute atomic E-state index is 0.123. The number of benzene rings is 1. The first-order chi connectivity index (χ1) is 8.50. The summed E-state index contributed by atoms with van der Waals surface area (Å²) in [6, 6.07) is 6.95. The zero-order chi connectivity index (χ0) is 13.3. The molecule has 1 aromatic carbocycles. The molecule has 1 aliphatic carbocycles. The summed E-state index contributed by atoms with van der Waals surface area (Å²) in [4.78, 5) is 23.1. The Morgan fingerprint density at radius 2 is 2.00 bits per heavy atom. The Hall–Kier alpha value is -1.84. The zero-order valence-corrected chi connectivity index (χ0v) is 10.5. The van der Waals surface area contributed by atoms with E-state index in [2.05, 4.69) is 5.32 Å². The lowest BCUT2D eigenvalue weighted by atomic mass is 9.77. The van der Waals surface area contributed by atoms with Gasteiger partial charge < -0.3 is 10.4 Å². The Labute approximate surface area is 106 Å². The molecule has 0 bridgehead atoms. The van der Waals surface area contributed by atoms with Crippen LogP contribution in [0.1, 0.15) is 30.9 Å². The van der Waals surface area contributed by atoms with Gasteiger partial charge in [-0.25, -0.2) is 4.79 Å². The first kappa shape index (κ1) is 12.6. The number of carbonyl (C=O) groups excluding carboxylic acids is 1. The Morgan fingerprint density at radius 3 is 2.56 bits per heavy atom. The van der Waals surface area contributed by atoms with Gasteiger partial charge in [-0.1, -0.05) is 38.1 Å². The molecule has 0 aliphatic heterocycles. The molecule has 18 heavy (non-hydrogen) atoms. The van der Waals surface area contributed by atoms with Crippen molar-refractivity contribution in [3.05, 3.63) is 35.4 Å². The number of aliphatic carboxylic acids is 1. The van der Waals surface area contributed by atoms with Crippen molar-refractivity contribution in [3.63, 3.8) is 0 Å². The van der Waals surface area contributed by atoms with Gasteiger partial charge in [0.05, 0.1) is 5.92 Å². The molecule has 0 heterocycles. The maximum absolute atomic E-state index is 12.0. The number of carboxylic acids is 1. The largest absolute Gasteiger partial charge is 0.480 e. The summed E-state index contributed by atoms with van der Waals surface area (Å²) in [6.07, 6.45) is 0.701. The number of hydrogen-bond acceptors (Lipinski definition) is 2. The Kier molecular flexibility index (Phi) is 3.36. The molecule has 0 aromatic heterocycles. The number of rotatable bonds is 4. The van der Waals surface area contributed by atoms with E-state index < -0.39 is 12.0 Å². The highest BCUT2D eigenvalue weighted by Gasteiger charge is 2.34. The van der Waals surface area contributed by atoms with E-state index in [1.807, 2.05) is 24.3 Å². The molecule has 1 aliphatic rings. The number of fused-ring (bicyclic) bond motifs is 1. The van der Waals surface area contributed by atoms with Crippen molar-refractivity contribution in [3.8, 4) is 0 Å². The predicted octanol–water partition coefficient (Wildman–Crippen LogP) is 1.55. The predicted molar refractivity (Wildman–Crippen MR) is 67.3 cm³/mol. The smallest absolute Gasteiger partial charge is 0.326 e. The van der Waals surface area contributed by atoms with E-state index in [0.717, 1.165) is 5.56 Å². The van der Waals surface area contributed by atoms with Crippen LogP contribution < -0.4 is 5.32 Å². The molecule has 4 nitrogen and oxygen atoms in total. The molecule has 0 spiro atoms. The van der Waals surface area contributed by atoms with E-state index in [-0.39, 0.29) is 17.7 Å². The molecule has 0 saturated heterocycles. The van der Waals surface area contributed by atoms with Crippen LogP contribution in [0.15, 0.2) is 24.3 Å². The lowest BCUT2D eigenvalue weighted by Crippen LogP contribution is -2.47. The Bertz CT molecular complexity index is 482. The van der Waals surface area contributed by atoms with Crippen LogP contribution >= 0.6 is 0 Å². The number of hydrogen-bond donors (Lipinski definition) is 2. The molecule has 2 rings (SSSR count). The molecule has 4 heteroatoms. The molecule has 1 aromatic rings. The third kappa shape index (κ3) is 2.23. The monoisotopic (exact) mass is 247 g/mol. The minimum atomic E-state index is -0.981. The van der Waals surface area contributed by atoms with Crippen LogP contribution in [0, 0.1) is 5.92 Å². The number of nitrogens with one attached hydrogen (secondary N) is 1.